The van der Waals surface area contributed by atoms with Crippen molar-refractivity contribution < 1.29 is 4.79 Å². The highest BCUT2D eigenvalue weighted by Crippen LogP contribution is 2.31. The van der Waals surface area contributed by atoms with E-state index in [0.29, 0.717) is 18.4 Å². The lowest BCUT2D eigenvalue weighted by molar-refractivity contribution is -0.130. The molecule has 0 radical (unpaired) electrons. The number of pyridine rings is 1. The molecule has 32 heavy (non-hydrogen) atoms. The Labute approximate surface area is 199 Å². The summed E-state index contributed by atoms with van der Waals surface area (Å²) in [5.41, 5.74) is 2.45. The fourth-order valence-electron chi connectivity index (χ4n) is 5.20. The van der Waals surface area contributed by atoms with Gasteiger partial charge in [-0.25, -0.2) is 0 Å². The highest BCUT2D eigenvalue weighted by molar-refractivity contribution is 5.85. The van der Waals surface area contributed by atoms with Crippen LogP contribution in [-0.4, -0.2) is 60.0 Å². The van der Waals surface area contributed by atoms with Crippen molar-refractivity contribution in [1.29, 1.82) is 0 Å². The van der Waals surface area contributed by atoms with Gasteiger partial charge in [0, 0.05) is 64.0 Å². The Morgan fingerprint density at radius 2 is 1.97 bits per heavy atom. The number of aromatic nitrogens is 1. The first kappa shape index (κ1) is 24.7. The predicted octanol–water partition coefficient (Wildman–Crippen LogP) is 3.78. The number of fused-ring (bicyclic) bond motifs is 2. The van der Waals surface area contributed by atoms with Gasteiger partial charge in [-0.2, -0.15) is 0 Å². The summed E-state index contributed by atoms with van der Waals surface area (Å²) < 4.78 is 0. The second kappa shape index (κ2) is 12.3. The van der Waals surface area contributed by atoms with Crippen LogP contribution in [0.3, 0.4) is 0 Å². The maximum Gasteiger partial charge on any atom is 0.222 e. The van der Waals surface area contributed by atoms with Gasteiger partial charge in [-0.3, -0.25) is 14.7 Å². The van der Waals surface area contributed by atoms with Crippen LogP contribution in [0.15, 0.2) is 54.7 Å². The van der Waals surface area contributed by atoms with Gasteiger partial charge in [0.15, 0.2) is 0 Å². The number of carbonyl (C=O) groups excluding carboxylic acids is 1. The Kier molecular flexibility index (Phi) is 9.51. The van der Waals surface area contributed by atoms with Crippen molar-refractivity contribution in [1.82, 2.24) is 20.1 Å². The van der Waals surface area contributed by atoms with Crippen molar-refractivity contribution in [2.24, 2.45) is 11.8 Å². The molecule has 3 atom stereocenters. The van der Waals surface area contributed by atoms with Gasteiger partial charge in [0.1, 0.15) is 0 Å². The summed E-state index contributed by atoms with van der Waals surface area (Å²) in [5, 5.41) is 3.80. The standard InChI is InChI=1S/C26H36N4O.ClH/c1-29(15-13-24-10-5-6-14-27-24)26(31)12-7-11-25-23-16-22(17-28-25)19-30(20-23)18-21-8-3-2-4-9-21;/h2-6,8-10,14,22-23,25,28H,7,11-13,15-20H2,1H3;1H/t22?,23?,25-;/m1./s1. The molecule has 0 aliphatic carbocycles. The van der Waals surface area contributed by atoms with Gasteiger partial charge in [0.05, 0.1) is 0 Å². The Balaban J connectivity index is 0.00000289. The fourth-order valence-corrected chi connectivity index (χ4v) is 5.20. The lowest BCUT2D eigenvalue weighted by atomic mass is 9.79. The molecule has 2 bridgehead atoms. The molecule has 1 aromatic carbocycles. The van der Waals surface area contributed by atoms with Crippen molar-refractivity contribution in [3.05, 3.63) is 66.0 Å². The van der Waals surface area contributed by atoms with Gasteiger partial charge in [0.2, 0.25) is 5.91 Å². The zero-order valence-electron chi connectivity index (χ0n) is 19.2. The van der Waals surface area contributed by atoms with Crippen LogP contribution < -0.4 is 5.32 Å². The number of piperidine rings is 2. The van der Waals surface area contributed by atoms with Gasteiger partial charge in [-0.15, -0.1) is 12.4 Å². The number of rotatable bonds is 9. The van der Waals surface area contributed by atoms with E-state index in [-0.39, 0.29) is 18.3 Å². The Hall–Kier alpha value is -1.95. The zero-order valence-corrected chi connectivity index (χ0v) is 20.0. The molecule has 4 rings (SSSR count). The van der Waals surface area contributed by atoms with Gasteiger partial charge in [-0.1, -0.05) is 36.4 Å². The number of amides is 1. The maximum absolute atomic E-state index is 12.6. The van der Waals surface area contributed by atoms with Gasteiger partial charge >= 0.3 is 0 Å². The molecule has 5 nitrogen and oxygen atoms in total. The minimum Gasteiger partial charge on any atom is -0.345 e. The van der Waals surface area contributed by atoms with E-state index in [1.54, 1.807) is 0 Å². The summed E-state index contributed by atoms with van der Waals surface area (Å²) in [5.74, 6) is 1.71. The van der Waals surface area contributed by atoms with Crippen molar-refractivity contribution in [2.45, 2.75) is 44.7 Å². The molecule has 2 fully saturated rings. The van der Waals surface area contributed by atoms with Crippen LogP contribution in [-0.2, 0) is 17.8 Å². The van der Waals surface area contributed by atoms with E-state index >= 15 is 0 Å². The molecule has 2 aromatic rings. The fraction of sp³-hybridized carbons (Fsp3) is 0.538. The SMILES string of the molecule is CN(CCc1ccccn1)C(=O)CCC[C@H]1NCC2CC1CN(Cc1ccccc1)C2.Cl. The number of hydrogen-bond donors (Lipinski definition) is 1. The smallest absolute Gasteiger partial charge is 0.222 e. The third kappa shape index (κ3) is 7.03. The molecule has 2 unspecified atom stereocenters. The first-order chi connectivity index (χ1) is 15.2. The molecule has 3 heterocycles. The van der Waals surface area contributed by atoms with Crippen molar-refractivity contribution in [3.63, 3.8) is 0 Å². The highest BCUT2D eigenvalue weighted by atomic mass is 35.5. The molecule has 2 aliphatic rings. The van der Waals surface area contributed by atoms with E-state index in [1.807, 2.05) is 36.3 Å². The van der Waals surface area contributed by atoms with Crippen LogP contribution in [0.2, 0.25) is 0 Å². The first-order valence-electron chi connectivity index (χ1n) is 11.8. The molecule has 6 heteroatoms. The summed E-state index contributed by atoms with van der Waals surface area (Å²) in [6.45, 7) is 5.27. The lowest BCUT2D eigenvalue weighted by Crippen LogP contribution is -2.55. The van der Waals surface area contributed by atoms with E-state index in [1.165, 1.54) is 25.1 Å². The number of nitrogens with zero attached hydrogens (tertiary/aromatic N) is 3. The molecule has 174 valence electrons. The minimum absolute atomic E-state index is 0. The summed E-state index contributed by atoms with van der Waals surface area (Å²) in [6.07, 6.45) is 6.65. The van der Waals surface area contributed by atoms with Gasteiger partial charge in [-0.05, 0) is 55.3 Å². The largest absolute Gasteiger partial charge is 0.345 e. The van der Waals surface area contributed by atoms with Crippen molar-refractivity contribution >= 4 is 18.3 Å². The topological polar surface area (TPSA) is 48.5 Å². The Morgan fingerprint density at radius 3 is 2.75 bits per heavy atom. The number of nitrogens with one attached hydrogen (secondary N) is 1. The third-order valence-corrected chi connectivity index (χ3v) is 6.89. The van der Waals surface area contributed by atoms with E-state index in [0.717, 1.165) is 50.5 Å². The van der Waals surface area contributed by atoms with E-state index in [2.05, 4.69) is 45.5 Å². The van der Waals surface area contributed by atoms with Crippen molar-refractivity contribution in [3.8, 4) is 0 Å². The lowest BCUT2D eigenvalue weighted by Gasteiger charge is -2.46. The molecule has 1 amide bonds. The Morgan fingerprint density at radius 1 is 1.16 bits per heavy atom. The predicted molar refractivity (Wildman–Crippen MR) is 132 cm³/mol. The summed E-state index contributed by atoms with van der Waals surface area (Å²) >= 11 is 0. The average molecular weight is 457 g/mol. The van der Waals surface area contributed by atoms with E-state index in [9.17, 15) is 4.79 Å². The number of likely N-dealkylation sites (tertiary alicyclic amines) is 1. The normalized spacial score (nSPS) is 22.7. The average Bonchev–Trinajstić information content (AvgIpc) is 2.80. The quantitative estimate of drug-likeness (QED) is 0.623. The molecule has 1 N–H and O–H groups in total. The highest BCUT2D eigenvalue weighted by Gasteiger charge is 2.36. The number of likely N-dealkylation sites (N-methyl/N-ethyl adjacent to an activating group) is 1. The van der Waals surface area contributed by atoms with Crippen LogP contribution in [0, 0.1) is 11.8 Å². The van der Waals surface area contributed by atoms with Crippen LogP contribution in [0.4, 0.5) is 0 Å². The van der Waals surface area contributed by atoms with Crippen LogP contribution in [0.1, 0.15) is 36.9 Å². The molecule has 0 spiro atoms. The molecule has 2 saturated heterocycles. The molecule has 2 aliphatic heterocycles. The van der Waals surface area contributed by atoms with Crippen LogP contribution in [0.5, 0.6) is 0 Å². The van der Waals surface area contributed by atoms with Crippen LogP contribution in [0.25, 0.3) is 0 Å². The number of hydrogen-bond acceptors (Lipinski definition) is 4. The summed E-state index contributed by atoms with van der Waals surface area (Å²) in [7, 11) is 1.91. The monoisotopic (exact) mass is 456 g/mol. The second-order valence-electron chi connectivity index (χ2n) is 9.33. The minimum atomic E-state index is 0. The maximum atomic E-state index is 12.6. The summed E-state index contributed by atoms with van der Waals surface area (Å²) in [4.78, 5) is 21.4. The van der Waals surface area contributed by atoms with Gasteiger partial charge in [0.25, 0.3) is 0 Å². The van der Waals surface area contributed by atoms with Crippen LogP contribution >= 0.6 is 12.4 Å². The first-order valence-corrected chi connectivity index (χ1v) is 11.8. The van der Waals surface area contributed by atoms with E-state index in [4.69, 9.17) is 0 Å². The Bertz CT molecular complexity index is 819. The van der Waals surface area contributed by atoms with Gasteiger partial charge < -0.3 is 10.2 Å². The number of carbonyl (C=O) groups is 1. The second-order valence-corrected chi connectivity index (χ2v) is 9.33. The molecular formula is C26H37ClN4O. The zero-order chi connectivity index (χ0) is 21.5. The summed E-state index contributed by atoms with van der Waals surface area (Å²) in [6, 6.07) is 17.3. The molecule has 0 saturated carbocycles. The number of benzene rings is 1. The molecular weight excluding hydrogens is 420 g/mol. The van der Waals surface area contributed by atoms with Crippen molar-refractivity contribution in [2.75, 3.05) is 33.2 Å². The third-order valence-electron chi connectivity index (χ3n) is 6.89. The van der Waals surface area contributed by atoms with E-state index < -0.39 is 0 Å². The molecule has 1 aromatic heterocycles. The number of halogens is 1.